The van der Waals surface area contributed by atoms with Crippen molar-refractivity contribution in [3.63, 3.8) is 0 Å². The third kappa shape index (κ3) is 3.65. The summed E-state index contributed by atoms with van der Waals surface area (Å²) >= 11 is 1.96. The molecule has 1 atom stereocenters. The zero-order valence-electron chi connectivity index (χ0n) is 9.76. The average molecular weight is 229 g/mol. The average Bonchev–Trinajstić information content (AvgIpc) is 3.09. The molecule has 0 aromatic carbocycles. The van der Waals surface area contributed by atoms with Crippen LogP contribution < -0.4 is 5.32 Å². The Morgan fingerprint density at radius 3 is 2.93 bits per heavy atom. The van der Waals surface area contributed by atoms with Gasteiger partial charge in [0.2, 0.25) is 0 Å². The number of thioether (sulfide) groups is 1. The van der Waals surface area contributed by atoms with Gasteiger partial charge in [0.05, 0.1) is 6.61 Å². The van der Waals surface area contributed by atoms with E-state index in [0.29, 0.717) is 5.41 Å². The molecule has 0 bridgehead atoms. The molecule has 1 heterocycles. The Labute approximate surface area is 97.5 Å². The summed E-state index contributed by atoms with van der Waals surface area (Å²) < 4.78 is 5.69. The highest BCUT2D eigenvalue weighted by atomic mass is 32.2. The predicted molar refractivity (Wildman–Crippen MR) is 66.5 cm³/mol. The highest BCUT2D eigenvalue weighted by Gasteiger charge is 2.34. The fourth-order valence-electron chi connectivity index (χ4n) is 2.30. The van der Waals surface area contributed by atoms with Crippen molar-refractivity contribution in [3.8, 4) is 0 Å². The first-order valence-electron chi connectivity index (χ1n) is 6.15. The van der Waals surface area contributed by atoms with Gasteiger partial charge in [0.15, 0.2) is 0 Å². The molecular weight excluding hydrogens is 206 g/mol. The number of ether oxygens (including phenoxy) is 1. The van der Waals surface area contributed by atoms with E-state index in [1.54, 1.807) is 0 Å². The van der Waals surface area contributed by atoms with Crippen molar-refractivity contribution < 1.29 is 4.74 Å². The zero-order valence-corrected chi connectivity index (χ0v) is 10.6. The first-order chi connectivity index (χ1) is 7.35. The summed E-state index contributed by atoms with van der Waals surface area (Å²) in [5, 5.41) is 3.69. The molecule has 1 unspecified atom stereocenters. The third-order valence-corrected chi connectivity index (χ3v) is 4.20. The highest BCUT2D eigenvalue weighted by Crippen LogP contribution is 2.33. The molecule has 0 spiro atoms. The summed E-state index contributed by atoms with van der Waals surface area (Å²) in [6.07, 6.45) is 8.90. The number of hydrogen-bond donors (Lipinski definition) is 1. The molecular formula is C12H23NOS. The lowest BCUT2D eigenvalue weighted by Crippen LogP contribution is -2.42. The largest absolute Gasteiger partial charge is 0.381 e. The predicted octanol–water partition coefficient (Wildman–Crippen LogP) is 2.29. The standard InChI is InChI=1S/C12H23NOS/c1-15-8-6-12(5-2-7-14-10-12)9-13-11-3-4-11/h11,13H,2-10H2,1H3. The Balaban J connectivity index is 1.80. The number of rotatable bonds is 6. The minimum atomic E-state index is 0.448. The fraction of sp³-hybridized carbons (Fsp3) is 1.00. The minimum absolute atomic E-state index is 0.448. The lowest BCUT2D eigenvalue weighted by molar-refractivity contribution is -0.00892. The van der Waals surface area contributed by atoms with Crippen LogP contribution in [0.15, 0.2) is 0 Å². The second-order valence-electron chi connectivity index (χ2n) is 5.05. The van der Waals surface area contributed by atoms with Crippen LogP contribution >= 0.6 is 11.8 Å². The Bertz CT molecular complexity index is 188. The van der Waals surface area contributed by atoms with E-state index in [-0.39, 0.29) is 0 Å². The monoisotopic (exact) mass is 229 g/mol. The summed E-state index contributed by atoms with van der Waals surface area (Å²) in [6, 6.07) is 0.832. The van der Waals surface area contributed by atoms with Gasteiger partial charge in [-0.15, -0.1) is 0 Å². The molecule has 15 heavy (non-hydrogen) atoms. The summed E-state index contributed by atoms with van der Waals surface area (Å²) in [5.74, 6) is 1.27. The molecule has 1 aliphatic heterocycles. The van der Waals surface area contributed by atoms with Crippen molar-refractivity contribution in [2.24, 2.45) is 5.41 Å². The first kappa shape index (κ1) is 11.7. The summed E-state index contributed by atoms with van der Waals surface area (Å²) in [4.78, 5) is 0. The molecule has 0 aromatic heterocycles. The highest BCUT2D eigenvalue weighted by molar-refractivity contribution is 7.98. The van der Waals surface area contributed by atoms with Crippen LogP contribution in [0.3, 0.4) is 0 Å². The van der Waals surface area contributed by atoms with Crippen molar-refractivity contribution in [1.29, 1.82) is 0 Å². The topological polar surface area (TPSA) is 21.3 Å². The SMILES string of the molecule is CSCCC1(CNC2CC2)CCCOC1. The van der Waals surface area contributed by atoms with Crippen LogP contribution in [0.2, 0.25) is 0 Å². The molecule has 1 saturated heterocycles. The Morgan fingerprint density at radius 1 is 1.47 bits per heavy atom. The molecule has 2 fully saturated rings. The molecule has 2 aliphatic rings. The maximum Gasteiger partial charge on any atom is 0.0534 e. The van der Waals surface area contributed by atoms with E-state index in [2.05, 4.69) is 11.6 Å². The van der Waals surface area contributed by atoms with Crippen molar-refractivity contribution in [3.05, 3.63) is 0 Å². The van der Waals surface area contributed by atoms with Gasteiger partial charge in [-0.3, -0.25) is 0 Å². The van der Waals surface area contributed by atoms with Crippen LogP contribution in [0.5, 0.6) is 0 Å². The van der Waals surface area contributed by atoms with Crippen LogP contribution in [-0.4, -0.2) is 37.8 Å². The minimum Gasteiger partial charge on any atom is -0.381 e. The normalized spacial score (nSPS) is 31.8. The second kappa shape index (κ2) is 5.55. The molecule has 3 heteroatoms. The smallest absolute Gasteiger partial charge is 0.0534 e. The lowest BCUT2D eigenvalue weighted by Gasteiger charge is -2.37. The molecule has 0 amide bonds. The van der Waals surface area contributed by atoms with Crippen LogP contribution in [-0.2, 0) is 4.74 Å². The van der Waals surface area contributed by atoms with Crippen molar-refractivity contribution in [2.75, 3.05) is 31.8 Å². The van der Waals surface area contributed by atoms with Gasteiger partial charge in [-0.25, -0.2) is 0 Å². The molecule has 1 N–H and O–H groups in total. The van der Waals surface area contributed by atoms with Crippen LogP contribution in [0.1, 0.15) is 32.1 Å². The van der Waals surface area contributed by atoms with Gasteiger partial charge >= 0.3 is 0 Å². The fourth-order valence-corrected chi connectivity index (χ4v) is 2.94. The van der Waals surface area contributed by atoms with Gasteiger partial charge in [0, 0.05) is 24.6 Å². The van der Waals surface area contributed by atoms with Crippen LogP contribution in [0, 0.1) is 5.41 Å². The van der Waals surface area contributed by atoms with Gasteiger partial charge in [-0.05, 0) is 44.1 Å². The molecule has 0 aromatic rings. The van der Waals surface area contributed by atoms with E-state index in [1.807, 2.05) is 11.8 Å². The van der Waals surface area contributed by atoms with Gasteiger partial charge in [-0.1, -0.05) is 0 Å². The van der Waals surface area contributed by atoms with Gasteiger partial charge in [-0.2, -0.15) is 11.8 Å². The Hall–Kier alpha value is 0.270. The number of nitrogens with one attached hydrogen (secondary N) is 1. The van der Waals surface area contributed by atoms with Crippen LogP contribution in [0.25, 0.3) is 0 Å². The number of hydrogen-bond acceptors (Lipinski definition) is 3. The van der Waals surface area contributed by atoms with E-state index in [1.165, 1.54) is 44.4 Å². The van der Waals surface area contributed by atoms with Crippen molar-refractivity contribution in [2.45, 2.75) is 38.1 Å². The van der Waals surface area contributed by atoms with E-state index in [0.717, 1.165) is 19.3 Å². The molecule has 1 saturated carbocycles. The van der Waals surface area contributed by atoms with E-state index >= 15 is 0 Å². The second-order valence-corrected chi connectivity index (χ2v) is 6.04. The quantitative estimate of drug-likeness (QED) is 0.755. The van der Waals surface area contributed by atoms with Gasteiger partial charge < -0.3 is 10.1 Å². The summed E-state index contributed by atoms with van der Waals surface area (Å²) in [6.45, 7) is 3.13. The molecule has 1 aliphatic carbocycles. The summed E-state index contributed by atoms with van der Waals surface area (Å²) in [7, 11) is 0. The van der Waals surface area contributed by atoms with Gasteiger partial charge in [0.1, 0.15) is 0 Å². The van der Waals surface area contributed by atoms with E-state index in [9.17, 15) is 0 Å². The zero-order chi connectivity index (χ0) is 10.6. The maximum absolute atomic E-state index is 5.69. The van der Waals surface area contributed by atoms with Crippen molar-refractivity contribution in [1.82, 2.24) is 5.32 Å². The molecule has 88 valence electrons. The summed E-state index contributed by atoms with van der Waals surface area (Å²) in [5.41, 5.74) is 0.448. The Morgan fingerprint density at radius 2 is 2.33 bits per heavy atom. The van der Waals surface area contributed by atoms with Gasteiger partial charge in [0.25, 0.3) is 0 Å². The Kier molecular flexibility index (Phi) is 4.35. The third-order valence-electron chi connectivity index (χ3n) is 3.58. The van der Waals surface area contributed by atoms with E-state index in [4.69, 9.17) is 4.74 Å². The van der Waals surface area contributed by atoms with Crippen molar-refractivity contribution >= 4 is 11.8 Å². The van der Waals surface area contributed by atoms with E-state index < -0.39 is 0 Å². The molecule has 2 nitrogen and oxygen atoms in total. The van der Waals surface area contributed by atoms with Crippen LogP contribution in [0.4, 0.5) is 0 Å². The maximum atomic E-state index is 5.69. The lowest BCUT2D eigenvalue weighted by atomic mass is 9.80. The first-order valence-corrected chi connectivity index (χ1v) is 7.54. The molecule has 0 radical (unpaired) electrons. The molecule has 2 rings (SSSR count).